The largest absolute Gasteiger partial charge is 0.282 e. The van der Waals surface area contributed by atoms with Crippen LogP contribution in [-0.4, -0.2) is 21.6 Å². The van der Waals surface area contributed by atoms with Crippen molar-refractivity contribution in [2.45, 2.75) is 6.54 Å². The summed E-state index contributed by atoms with van der Waals surface area (Å²) in [5, 5.41) is 11.1. The highest BCUT2D eigenvalue weighted by Crippen LogP contribution is 2.31. The highest BCUT2D eigenvalue weighted by atomic mass is 16.6. The van der Waals surface area contributed by atoms with E-state index in [0.29, 0.717) is 11.3 Å². The van der Waals surface area contributed by atoms with Crippen LogP contribution in [0.4, 0.5) is 11.4 Å². The van der Waals surface area contributed by atoms with Gasteiger partial charge in [0.05, 0.1) is 23.6 Å². The molecule has 7 nitrogen and oxygen atoms in total. The Labute approximate surface area is 130 Å². The predicted molar refractivity (Wildman–Crippen MR) is 80.0 cm³/mol. The van der Waals surface area contributed by atoms with Crippen LogP contribution in [0.1, 0.15) is 26.3 Å². The molecule has 3 rings (SSSR count). The van der Waals surface area contributed by atoms with Crippen molar-refractivity contribution in [3.05, 3.63) is 80.7 Å². The normalized spacial score (nSPS) is 12.9. The Kier molecular flexibility index (Phi) is 3.35. The smallest absolute Gasteiger partial charge is 0.270 e. The number of nitro groups is 1. The molecule has 1 heterocycles. The summed E-state index contributed by atoms with van der Waals surface area (Å²) in [6.07, 6.45) is 0. The molecular weight excluding hydrogens is 298 g/mol. The molecule has 112 valence electrons. The van der Waals surface area contributed by atoms with E-state index in [9.17, 15) is 19.7 Å². The second kappa shape index (κ2) is 5.35. The zero-order chi connectivity index (χ0) is 16.6. The lowest BCUT2D eigenvalue weighted by molar-refractivity contribution is -0.385. The maximum absolute atomic E-state index is 12.4. The fourth-order valence-electron chi connectivity index (χ4n) is 2.52. The fraction of sp³-hybridized carbons (Fsp3) is 0.0625. The van der Waals surface area contributed by atoms with Gasteiger partial charge in [0.1, 0.15) is 5.56 Å². The van der Waals surface area contributed by atoms with Crippen LogP contribution in [0.2, 0.25) is 0 Å². The molecular formula is C16H9N3O4. The summed E-state index contributed by atoms with van der Waals surface area (Å²) in [6.45, 7) is 6.95. The minimum absolute atomic E-state index is 0.0329. The van der Waals surface area contributed by atoms with Crippen molar-refractivity contribution in [1.82, 2.24) is 4.90 Å². The number of hydrogen-bond donors (Lipinski definition) is 0. The number of carbonyl (C=O) groups is 2. The minimum Gasteiger partial charge on any atom is -0.270 e. The number of hydrogen-bond acceptors (Lipinski definition) is 4. The molecule has 0 saturated heterocycles. The van der Waals surface area contributed by atoms with Crippen LogP contribution in [0.15, 0.2) is 42.5 Å². The summed E-state index contributed by atoms with van der Waals surface area (Å²) in [7, 11) is 0. The molecule has 23 heavy (non-hydrogen) atoms. The zero-order valence-electron chi connectivity index (χ0n) is 11.7. The minimum atomic E-state index is -0.689. The maximum Gasteiger partial charge on any atom is 0.282 e. The molecule has 0 bridgehead atoms. The van der Waals surface area contributed by atoms with E-state index in [1.54, 1.807) is 24.3 Å². The number of imide groups is 1. The van der Waals surface area contributed by atoms with E-state index >= 15 is 0 Å². The molecule has 2 aromatic rings. The van der Waals surface area contributed by atoms with Gasteiger partial charge in [0.2, 0.25) is 0 Å². The third kappa shape index (κ3) is 2.32. The van der Waals surface area contributed by atoms with Gasteiger partial charge in [-0.25, -0.2) is 4.85 Å². The number of amides is 2. The van der Waals surface area contributed by atoms with Gasteiger partial charge in [-0.3, -0.25) is 24.6 Å². The topological polar surface area (TPSA) is 84.9 Å². The van der Waals surface area contributed by atoms with E-state index in [1.165, 1.54) is 18.2 Å². The lowest BCUT2D eigenvalue weighted by Gasteiger charge is -2.13. The first-order valence-electron chi connectivity index (χ1n) is 6.63. The van der Waals surface area contributed by atoms with Crippen molar-refractivity contribution in [1.29, 1.82) is 0 Å². The van der Waals surface area contributed by atoms with Gasteiger partial charge in [0, 0.05) is 6.07 Å². The average Bonchev–Trinajstić information content (AvgIpc) is 2.80. The van der Waals surface area contributed by atoms with Crippen LogP contribution in [-0.2, 0) is 6.54 Å². The third-order valence-corrected chi connectivity index (χ3v) is 3.55. The molecule has 0 spiro atoms. The van der Waals surface area contributed by atoms with E-state index in [1.807, 2.05) is 0 Å². The van der Waals surface area contributed by atoms with E-state index in [0.717, 1.165) is 4.90 Å². The molecule has 0 aromatic heterocycles. The quantitative estimate of drug-likeness (QED) is 0.377. The molecule has 2 aromatic carbocycles. The second-order valence-electron chi connectivity index (χ2n) is 4.93. The van der Waals surface area contributed by atoms with E-state index in [4.69, 9.17) is 6.57 Å². The Hall–Kier alpha value is -3.53. The van der Waals surface area contributed by atoms with Gasteiger partial charge < -0.3 is 0 Å². The Morgan fingerprint density at radius 1 is 1.13 bits per heavy atom. The van der Waals surface area contributed by atoms with Crippen molar-refractivity contribution < 1.29 is 14.5 Å². The van der Waals surface area contributed by atoms with Crippen LogP contribution in [0.25, 0.3) is 4.85 Å². The first-order valence-corrected chi connectivity index (χ1v) is 6.63. The summed E-state index contributed by atoms with van der Waals surface area (Å²) < 4.78 is 0. The van der Waals surface area contributed by atoms with Gasteiger partial charge >= 0.3 is 0 Å². The molecule has 0 atom stereocenters. The van der Waals surface area contributed by atoms with Crippen molar-refractivity contribution in [2.75, 3.05) is 0 Å². The fourth-order valence-corrected chi connectivity index (χ4v) is 2.52. The molecule has 1 aliphatic heterocycles. The number of carbonyl (C=O) groups excluding carboxylic acids is 2. The molecule has 0 aliphatic carbocycles. The second-order valence-corrected chi connectivity index (χ2v) is 4.93. The summed E-state index contributed by atoms with van der Waals surface area (Å²) in [4.78, 5) is 39.4. The first kappa shape index (κ1) is 14.4. The van der Waals surface area contributed by atoms with Crippen LogP contribution in [0.5, 0.6) is 0 Å². The van der Waals surface area contributed by atoms with Crippen molar-refractivity contribution in [3.63, 3.8) is 0 Å². The van der Waals surface area contributed by atoms with Gasteiger partial charge in [-0.2, -0.15) is 0 Å². The molecule has 0 N–H and O–H groups in total. The number of benzene rings is 2. The van der Waals surface area contributed by atoms with E-state index in [2.05, 4.69) is 4.85 Å². The van der Waals surface area contributed by atoms with Gasteiger partial charge in [-0.15, -0.1) is 0 Å². The predicted octanol–water partition coefficient (Wildman–Crippen LogP) is 2.94. The lowest BCUT2D eigenvalue weighted by Crippen LogP contribution is -2.29. The molecule has 1 aliphatic rings. The number of nitrogens with zero attached hydrogens (tertiary/aromatic N) is 3. The van der Waals surface area contributed by atoms with E-state index < -0.39 is 16.7 Å². The zero-order valence-corrected chi connectivity index (χ0v) is 11.7. The summed E-state index contributed by atoms with van der Waals surface area (Å²) in [5.74, 6) is -1.26. The monoisotopic (exact) mass is 307 g/mol. The summed E-state index contributed by atoms with van der Waals surface area (Å²) >= 11 is 0. The SMILES string of the molecule is [C-]#[N+]c1cccc(CN2C(=O)c3cccc([N+](=O)[O-])c3C2=O)c1. The van der Waals surface area contributed by atoms with Crippen molar-refractivity contribution in [3.8, 4) is 0 Å². The molecule has 0 fully saturated rings. The lowest BCUT2D eigenvalue weighted by atomic mass is 10.1. The Balaban J connectivity index is 1.99. The summed E-state index contributed by atoms with van der Waals surface area (Å²) in [6, 6.07) is 10.5. The van der Waals surface area contributed by atoms with Gasteiger partial charge in [0.15, 0.2) is 5.69 Å². The van der Waals surface area contributed by atoms with Crippen LogP contribution >= 0.6 is 0 Å². The van der Waals surface area contributed by atoms with Crippen LogP contribution < -0.4 is 0 Å². The van der Waals surface area contributed by atoms with E-state index in [-0.39, 0.29) is 23.4 Å². The van der Waals surface area contributed by atoms with Gasteiger partial charge in [-0.05, 0) is 11.6 Å². The maximum atomic E-state index is 12.4. The van der Waals surface area contributed by atoms with Gasteiger partial charge in [0.25, 0.3) is 17.5 Å². The number of nitro benzene ring substituents is 1. The number of fused-ring (bicyclic) bond motifs is 1. The Morgan fingerprint density at radius 2 is 1.87 bits per heavy atom. The summed E-state index contributed by atoms with van der Waals surface area (Å²) in [5.41, 5.74) is 0.480. The van der Waals surface area contributed by atoms with Crippen molar-refractivity contribution >= 4 is 23.2 Å². The molecule has 0 radical (unpaired) electrons. The molecule has 0 unspecified atom stereocenters. The average molecular weight is 307 g/mol. The third-order valence-electron chi connectivity index (χ3n) is 3.55. The first-order chi connectivity index (χ1) is 11.0. The number of rotatable bonds is 3. The Bertz CT molecular complexity index is 898. The van der Waals surface area contributed by atoms with Crippen LogP contribution in [0.3, 0.4) is 0 Å². The Morgan fingerprint density at radius 3 is 2.57 bits per heavy atom. The van der Waals surface area contributed by atoms with Crippen LogP contribution in [0, 0.1) is 16.7 Å². The molecule has 2 amide bonds. The van der Waals surface area contributed by atoms with Gasteiger partial charge in [-0.1, -0.05) is 30.3 Å². The molecule has 7 heteroatoms. The highest BCUT2D eigenvalue weighted by Gasteiger charge is 2.40. The highest BCUT2D eigenvalue weighted by molar-refractivity contribution is 6.23. The van der Waals surface area contributed by atoms with Crippen molar-refractivity contribution in [2.24, 2.45) is 0 Å². The molecule has 0 saturated carbocycles. The standard InChI is InChI=1S/C16H9N3O4/c1-17-11-5-2-4-10(8-11)9-18-15(20)12-6-3-7-13(19(22)23)14(12)16(18)21/h2-8H,9H2.